The lowest BCUT2D eigenvalue weighted by atomic mass is 9.98. The van der Waals surface area contributed by atoms with E-state index in [1.807, 2.05) is 6.92 Å². The number of hydrogen-bond donors (Lipinski definition) is 3. The maximum absolute atomic E-state index is 9.42. The maximum Gasteiger partial charge on any atom is 0.121 e. The van der Waals surface area contributed by atoms with E-state index in [1.165, 1.54) is 0 Å². The molecule has 12 heavy (non-hydrogen) atoms. The van der Waals surface area contributed by atoms with Gasteiger partial charge < -0.3 is 16.6 Å². The van der Waals surface area contributed by atoms with Gasteiger partial charge in [0.25, 0.3) is 0 Å². The van der Waals surface area contributed by atoms with Crippen molar-refractivity contribution in [3.05, 3.63) is 29.8 Å². The Morgan fingerprint density at radius 3 is 2.42 bits per heavy atom. The number of rotatable bonds is 2. The van der Waals surface area contributed by atoms with Gasteiger partial charge >= 0.3 is 0 Å². The van der Waals surface area contributed by atoms with Gasteiger partial charge in [0, 0.05) is 5.56 Å². The zero-order valence-electron chi connectivity index (χ0n) is 7.12. The first-order valence-corrected chi connectivity index (χ1v) is 3.94. The molecule has 5 N–H and O–H groups in total. The fourth-order valence-corrected chi connectivity index (χ4v) is 1.06. The molecule has 3 nitrogen and oxygen atoms in total. The van der Waals surface area contributed by atoms with Gasteiger partial charge in [-0.15, -0.1) is 0 Å². The summed E-state index contributed by atoms with van der Waals surface area (Å²) in [4.78, 5) is 0. The fraction of sp³-hybridized carbons (Fsp3) is 0.333. The van der Waals surface area contributed by atoms with Crippen LogP contribution in [0.4, 0.5) is 0 Å². The molecule has 0 aliphatic rings. The van der Waals surface area contributed by atoms with Crippen LogP contribution in [0.5, 0.6) is 5.75 Å². The van der Waals surface area contributed by atoms with Crippen LogP contribution < -0.4 is 11.5 Å². The summed E-state index contributed by atoms with van der Waals surface area (Å²) in [5.41, 5.74) is 11.2. The number of benzene rings is 1. The first-order chi connectivity index (χ1) is 5.58. The van der Waals surface area contributed by atoms with Crippen LogP contribution in [0.15, 0.2) is 24.3 Å². The first-order valence-electron chi connectivity index (χ1n) is 3.94. The number of phenolic OH excluding ortho intramolecular Hbond substituents is 1. The van der Waals surface area contributed by atoms with Crippen molar-refractivity contribution in [1.82, 2.24) is 0 Å². The molecule has 1 aromatic rings. The molecular weight excluding hydrogens is 152 g/mol. The summed E-state index contributed by atoms with van der Waals surface area (Å²) >= 11 is 0. The molecule has 0 saturated carbocycles. The van der Waals surface area contributed by atoms with Crippen LogP contribution in [0.3, 0.4) is 0 Å². The average molecular weight is 166 g/mol. The normalized spacial score (nSPS) is 11.6. The Labute approximate surface area is 72.0 Å². The van der Waals surface area contributed by atoms with E-state index >= 15 is 0 Å². The molecule has 0 heterocycles. The topological polar surface area (TPSA) is 72.3 Å². The second kappa shape index (κ2) is 3.13. The van der Waals surface area contributed by atoms with Crippen molar-refractivity contribution in [1.29, 1.82) is 0 Å². The summed E-state index contributed by atoms with van der Waals surface area (Å²) in [6.07, 6.45) is 0.588. The first kappa shape index (κ1) is 9.03. The summed E-state index contributed by atoms with van der Waals surface area (Å²) < 4.78 is 0. The highest BCUT2D eigenvalue weighted by Crippen LogP contribution is 2.24. The summed E-state index contributed by atoms with van der Waals surface area (Å²) in [5, 5.41) is 9.42. The van der Waals surface area contributed by atoms with E-state index < -0.39 is 5.66 Å². The van der Waals surface area contributed by atoms with Crippen molar-refractivity contribution >= 4 is 0 Å². The van der Waals surface area contributed by atoms with Gasteiger partial charge in [0.05, 0.1) is 5.66 Å². The minimum absolute atomic E-state index is 0.157. The van der Waals surface area contributed by atoms with Crippen molar-refractivity contribution in [2.24, 2.45) is 11.5 Å². The molecule has 0 amide bonds. The number of phenols is 1. The molecule has 0 fully saturated rings. The summed E-state index contributed by atoms with van der Waals surface area (Å²) in [6.45, 7) is 1.88. The number of para-hydroxylation sites is 1. The summed E-state index contributed by atoms with van der Waals surface area (Å²) in [5.74, 6) is 0.157. The molecule has 0 aliphatic carbocycles. The van der Waals surface area contributed by atoms with E-state index in [1.54, 1.807) is 24.3 Å². The molecule has 0 aromatic heterocycles. The zero-order chi connectivity index (χ0) is 9.19. The predicted molar refractivity (Wildman–Crippen MR) is 48.5 cm³/mol. The number of hydrogen-bond acceptors (Lipinski definition) is 3. The second-order valence-corrected chi connectivity index (χ2v) is 2.91. The van der Waals surface area contributed by atoms with Crippen molar-refractivity contribution in [3.63, 3.8) is 0 Å². The van der Waals surface area contributed by atoms with E-state index in [0.29, 0.717) is 12.0 Å². The number of aromatic hydroxyl groups is 1. The second-order valence-electron chi connectivity index (χ2n) is 2.91. The van der Waals surface area contributed by atoms with E-state index in [-0.39, 0.29) is 5.75 Å². The molecule has 1 aromatic carbocycles. The Bertz CT molecular complexity index is 271. The van der Waals surface area contributed by atoms with Gasteiger partial charge in [0.15, 0.2) is 0 Å². The highest BCUT2D eigenvalue weighted by Gasteiger charge is 2.21. The molecule has 0 spiro atoms. The Morgan fingerprint density at radius 1 is 1.33 bits per heavy atom. The Morgan fingerprint density at radius 2 is 1.92 bits per heavy atom. The summed E-state index contributed by atoms with van der Waals surface area (Å²) in [7, 11) is 0. The maximum atomic E-state index is 9.42. The molecular formula is C9H14N2O. The van der Waals surface area contributed by atoms with Crippen LogP contribution in [-0.2, 0) is 5.66 Å². The third-order valence-corrected chi connectivity index (χ3v) is 1.99. The van der Waals surface area contributed by atoms with Gasteiger partial charge in [-0.25, -0.2) is 0 Å². The van der Waals surface area contributed by atoms with E-state index in [4.69, 9.17) is 11.5 Å². The highest BCUT2D eigenvalue weighted by molar-refractivity contribution is 5.36. The Kier molecular flexibility index (Phi) is 2.35. The smallest absolute Gasteiger partial charge is 0.121 e. The zero-order valence-corrected chi connectivity index (χ0v) is 7.12. The molecule has 0 radical (unpaired) electrons. The predicted octanol–water partition coefficient (Wildman–Crippen LogP) is 0.872. The van der Waals surface area contributed by atoms with Crippen LogP contribution in [0.25, 0.3) is 0 Å². The Balaban J connectivity index is 3.10. The lowest BCUT2D eigenvalue weighted by molar-refractivity contribution is 0.402. The van der Waals surface area contributed by atoms with Crippen molar-refractivity contribution in [3.8, 4) is 5.75 Å². The van der Waals surface area contributed by atoms with Crippen molar-refractivity contribution < 1.29 is 5.11 Å². The lowest BCUT2D eigenvalue weighted by Gasteiger charge is -2.23. The standard InChI is InChI=1S/C9H14N2O/c1-2-9(10,11)7-5-3-4-6-8(7)12/h3-6,12H,2,10-11H2,1H3. The molecule has 1 rings (SSSR count). The molecule has 0 bridgehead atoms. The van der Waals surface area contributed by atoms with Gasteiger partial charge in [0.1, 0.15) is 5.75 Å². The Hall–Kier alpha value is -1.06. The average Bonchev–Trinajstić information content (AvgIpc) is 2.05. The minimum atomic E-state index is -0.925. The van der Waals surface area contributed by atoms with Gasteiger partial charge in [-0.3, -0.25) is 0 Å². The van der Waals surface area contributed by atoms with Crippen LogP contribution >= 0.6 is 0 Å². The third kappa shape index (κ3) is 1.57. The molecule has 0 saturated heterocycles. The van der Waals surface area contributed by atoms with Gasteiger partial charge in [-0.1, -0.05) is 25.1 Å². The van der Waals surface area contributed by atoms with Gasteiger partial charge in [-0.2, -0.15) is 0 Å². The molecule has 0 aliphatic heterocycles. The molecule has 3 heteroatoms. The van der Waals surface area contributed by atoms with Crippen molar-refractivity contribution in [2.75, 3.05) is 0 Å². The SMILES string of the molecule is CCC(N)(N)c1ccccc1O. The molecule has 0 atom stereocenters. The fourth-order valence-electron chi connectivity index (χ4n) is 1.06. The van der Waals surface area contributed by atoms with Crippen molar-refractivity contribution in [2.45, 2.75) is 19.0 Å². The largest absolute Gasteiger partial charge is 0.508 e. The minimum Gasteiger partial charge on any atom is -0.508 e. The molecule has 66 valence electrons. The monoisotopic (exact) mass is 166 g/mol. The van der Waals surface area contributed by atoms with E-state index in [2.05, 4.69) is 0 Å². The third-order valence-electron chi connectivity index (χ3n) is 1.99. The van der Waals surface area contributed by atoms with Crippen LogP contribution in [0, 0.1) is 0 Å². The highest BCUT2D eigenvalue weighted by atomic mass is 16.3. The summed E-state index contributed by atoms with van der Waals surface area (Å²) in [6, 6.07) is 6.86. The van der Waals surface area contributed by atoms with E-state index in [0.717, 1.165) is 0 Å². The van der Waals surface area contributed by atoms with Gasteiger partial charge in [-0.05, 0) is 12.5 Å². The quantitative estimate of drug-likeness (QED) is 0.571. The number of nitrogens with two attached hydrogens (primary N) is 2. The molecule has 0 unspecified atom stereocenters. The lowest BCUT2D eigenvalue weighted by Crippen LogP contribution is -2.45. The van der Waals surface area contributed by atoms with Gasteiger partial charge in [0.2, 0.25) is 0 Å². The van der Waals surface area contributed by atoms with Crippen LogP contribution in [0.2, 0.25) is 0 Å². The van der Waals surface area contributed by atoms with E-state index in [9.17, 15) is 5.11 Å². The van der Waals surface area contributed by atoms with Crippen LogP contribution in [0.1, 0.15) is 18.9 Å². The van der Waals surface area contributed by atoms with Crippen LogP contribution in [-0.4, -0.2) is 5.11 Å².